The second-order valence-electron chi connectivity index (χ2n) is 9.98. The van der Waals surface area contributed by atoms with Crippen LogP contribution in [0.4, 0.5) is 5.69 Å². The number of aliphatic hydroxyl groups is 1. The molecule has 3 fully saturated rings. The van der Waals surface area contributed by atoms with Gasteiger partial charge >= 0.3 is 5.97 Å². The van der Waals surface area contributed by atoms with Crippen LogP contribution in [0.3, 0.4) is 0 Å². The summed E-state index contributed by atoms with van der Waals surface area (Å²) in [4.78, 5) is 43.4. The molecule has 0 aliphatic carbocycles. The minimum atomic E-state index is -1.14. The first-order valence-corrected chi connectivity index (χ1v) is 12.7. The molecule has 8 heteroatoms. The van der Waals surface area contributed by atoms with Gasteiger partial charge in [-0.15, -0.1) is 6.58 Å². The number of rotatable bonds is 10. The molecule has 3 aliphatic rings. The predicted molar refractivity (Wildman–Crippen MR) is 134 cm³/mol. The molecule has 2 aromatic carbocycles. The Hall–Kier alpha value is -3.23. The highest BCUT2D eigenvalue weighted by Gasteiger charge is 2.74. The zero-order chi connectivity index (χ0) is 25.4. The van der Waals surface area contributed by atoms with E-state index in [2.05, 4.69) is 6.58 Å². The smallest absolute Gasteiger partial charge is 0.310 e. The van der Waals surface area contributed by atoms with Crippen LogP contribution in [0.25, 0.3) is 10.8 Å². The van der Waals surface area contributed by atoms with Crippen LogP contribution in [0.2, 0.25) is 0 Å². The minimum absolute atomic E-state index is 0.0593. The van der Waals surface area contributed by atoms with Crippen LogP contribution in [0, 0.1) is 11.8 Å². The number of hydrogen-bond donors (Lipinski definition) is 2. The average molecular weight is 493 g/mol. The van der Waals surface area contributed by atoms with Crippen LogP contribution in [0.5, 0.6) is 0 Å². The number of carbonyl (C=O) groups is 3. The summed E-state index contributed by atoms with van der Waals surface area (Å²) in [5.74, 6) is -3.47. The number of nitrogens with zero attached hydrogens (tertiary/aromatic N) is 2. The van der Waals surface area contributed by atoms with Crippen molar-refractivity contribution in [1.82, 2.24) is 4.90 Å². The molecule has 2 amide bonds. The molecule has 2 aromatic rings. The maximum atomic E-state index is 14.3. The Morgan fingerprint density at radius 2 is 1.94 bits per heavy atom. The number of hydrogen-bond acceptors (Lipinski definition) is 5. The molecule has 5 atom stereocenters. The molecule has 3 heterocycles. The summed E-state index contributed by atoms with van der Waals surface area (Å²) in [7, 11) is 0. The highest BCUT2D eigenvalue weighted by atomic mass is 16.5. The minimum Gasteiger partial charge on any atom is -0.481 e. The van der Waals surface area contributed by atoms with Crippen LogP contribution in [-0.4, -0.2) is 70.3 Å². The lowest BCUT2D eigenvalue weighted by atomic mass is 9.70. The SMILES string of the molecule is C=CCN(C(=O)C1N(CCCCCO)C(=O)[C@@H]2[C@H](C(=O)O)[C@@H]3CCC12O3)c1ccc2ccccc2c1. The van der Waals surface area contributed by atoms with Crippen molar-refractivity contribution in [2.75, 3.05) is 24.6 Å². The second kappa shape index (κ2) is 9.67. The zero-order valence-corrected chi connectivity index (χ0v) is 20.2. The second-order valence-corrected chi connectivity index (χ2v) is 9.98. The molecule has 5 rings (SSSR count). The van der Waals surface area contributed by atoms with Crippen molar-refractivity contribution in [3.05, 3.63) is 55.1 Å². The lowest BCUT2D eigenvalue weighted by Crippen LogP contribution is -2.56. The van der Waals surface area contributed by atoms with Crippen LogP contribution < -0.4 is 4.90 Å². The van der Waals surface area contributed by atoms with E-state index in [4.69, 9.17) is 9.84 Å². The van der Waals surface area contributed by atoms with Gasteiger partial charge in [-0.1, -0.05) is 36.4 Å². The van der Waals surface area contributed by atoms with E-state index >= 15 is 0 Å². The van der Waals surface area contributed by atoms with Gasteiger partial charge in [0.15, 0.2) is 0 Å². The molecule has 1 spiro atoms. The normalized spacial score (nSPS) is 28.5. The number of carboxylic acids is 1. The van der Waals surface area contributed by atoms with E-state index in [1.807, 2.05) is 42.5 Å². The summed E-state index contributed by atoms with van der Waals surface area (Å²) in [6.45, 7) is 4.46. The van der Waals surface area contributed by atoms with Crippen LogP contribution >= 0.6 is 0 Å². The Morgan fingerprint density at radius 1 is 1.17 bits per heavy atom. The standard InChI is InChI=1S/C28H32N2O6/c1-2-14-29(20-11-10-18-8-4-5-9-19(18)17-20)26(33)24-28-13-12-21(36-28)22(27(34)35)23(28)25(32)30(24)15-6-3-7-16-31/h2,4-5,8-11,17,21-24,31H,1,3,6-7,12-16H2,(H,34,35)/t21-,22+,23-,24?,28?/m0/s1. The van der Waals surface area contributed by atoms with Crippen LogP contribution in [0.1, 0.15) is 32.1 Å². The van der Waals surface area contributed by atoms with E-state index in [0.717, 1.165) is 10.8 Å². The van der Waals surface area contributed by atoms with Crippen molar-refractivity contribution in [2.24, 2.45) is 11.8 Å². The molecule has 3 aliphatic heterocycles. The summed E-state index contributed by atoms with van der Waals surface area (Å²) < 4.78 is 6.30. The fraction of sp³-hybridized carbons (Fsp3) is 0.464. The number of anilines is 1. The highest BCUT2D eigenvalue weighted by Crippen LogP contribution is 2.58. The molecule has 190 valence electrons. The number of likely N-dealkylation sites (tertiary alicyclic amines) is 1. The van der Waals surface area contributed by atoms with Crippen LogP contribution in [0.15, 0.2) is 55.1 Å². The Bertz CT molecular complexity index is 1200. The Balaban J connectivity index is 1.54. The lowest BCUT2D eigenvalue weighted by molar-refractivity contribution is -0.149. The first-order valence-electron chi connectivity index (χ1n) is 12.7. The van der Waals surface area contributed by atoms with Gasteiger partial charge in [0.2, 0.25) is 5.91 Å². The number of fused-ring (bicyclic) bond motifs is 2. The molecule has 36 heavy (non-hydrogen) atoms. The van der Waals surface area contributed by atoms with Crippen molar-refractivity contribution < 1.29 is 29.3 Å². The third-order valence-electron chi connectivity index (χ3n) is 8.00. The van der Waals surface area contributed by atoms with Crippen molar-refractivity contribution in [3.8, 4) is 0 Å². The van der Waals surface area contributed by atoms with Gasteiger partial charge < -0.3 is 24.7 Å². The average Bonchev–Trinajstić information content (AvgIpc) is 3.52. The lowest BCUT2D eigenvalue weighted by Gasteiger charge is -2.36. The van der Waals surface area contributed by atoms with Crippen molar-refractivity contribution in [3.63, 3.8) is 0 Å². The number of aliphatic hydroxyl groups excluding tert-OH is 1. The highest BCUT2D eigenvalue weighted by molar-refractivity contribution is 6.05. The first-order chi connectivity index (χ1) is 17.4. The van der Waals surface area contributed by atoms with E-state index in [9.17, 15) is 19.5 Å². The summed E-state index contributed by atoms with van der Waals surface area (Å²) in [5.41, 5.74) is -0.455. The van der Waals surface area contributed by atoms with Gasteiger partial charge in [-0.3, -0.25) is 14.4 Å². The van der Waals surface area contributed by atoms with E-state index < -0.39 is 35.6 Å². The maximum Gasteiger partial charge on any atom is 0.310 e. The van der Waals surface area contributed by atoms with Gasteiger partial charge in [-0.2, -0.15) is 0 Å². The first kappa shape index (κ1) is 24.5. The maximum absolute atomic E-state index is 14.3. The van der Waals surface area contributed by atoms with Gasteiger partial charge in [0.25, 0.3) is 5.91 Å². The Labute approximate surface area is 210 Å². The number of carbonyl (C=O) groups excluding carboxylic acids is 2. The van der Waals surface area contributed by atoms with Crippen molar-refractivity contribution >= 4 is 34.2 Å². The molecule has 2 unspecified atom stereocenters. The number of unbranched alkanes of at least 4 members (excludes halogenated alkanes) is 2. The Kier molecular flexibility index (Phi) is 6.57. The Morgan fingerprint density at radius 3 is 2.67 bits per heavy atom. The topological polar surface area (TPSA) is 107 Å². The molecule has 0 aromatic heterocycles. The molecule has 2 N–H and O–H groups in total. The quantitative estimate of drug-likeness (QED) is 0.390. The number of carboxylic acid groups (broad SMARTS) is 1. The van der Waals surface area contributed by atoms with Gasteiger partial charge in [0, 0.05) is 25.4 Å². The van der Waals surface area contributed by atoms with Crippen molar-refractivity contribution in [1.29, 1.82) is 0 Å². The van der Waals surface area contributed by atoms with Crippen LogP contribution in [-0.2, 0) is 19.1 Å². The summed E-state index contributed by atoms with van der Waals surface area (Å²) in [6.07, 6.45) is 3.99. The van der Waals surface area contributed by atoms with E-state index in [1.54, 1.807) is 15.9 Å². The number of benzene rings is 2. The molecule has 0 saturated carbocycles. The molecule has 8 nitrogen and oxygen atoms in total. The number of aliphatic carboxylic acids is 1. The van der Waals surface area contributed by atoms with E-state index in [0.29, 0.717) is 44.3 Å². The van der Waals surface area contributed by atoms with Gasteiger partial charge in [0.1, 0.15) is 11.6 Å². The molecule has 3 saturated heterocycles. The summed E-state index contributed by atoms with van der Waals surface area (Å²) in [6, 6.07) is 12.8. The largest absolute Gasteiger partial charge is 0.481 e. The van der Waals surface area contributed by atoms with Gasteiger partial charge in [0.05, 0.1) is 17.9 Å². The number of amides is 2. The molecule has 2 bridgehead atoms. The van der Waals surface area contributed by atoms with Gasteiger partial charge in [-0.05, 0) is 55.0 Å². The third-order valence-corrected chi connectivity index (χ3v) is 8.00. The molecular formula is C28H32N2O6. The van der Waals surface area contributed by atoms with E-state index in [-0.39, 0.29) is 25.0 Å². The third kappa shape index (κ3) is 3.79. The van der Waals surface area contributed by atoms with Gasteiger partial charge in [-0.25, -0.2) is 0 Å². The molecule has 0 radical (unpaired) electrons. The predicted octanol–water partition coefficient (Wildman–Crippen LogP) is 2.98. The van der Waals surface area contributed by atoms with Crippen molar-refractivity contribution in [2.45, 2.75) is 49.9 Å². The number of ether oxygens (including phenoxy) is 1. The molecular weight excluding hydrogens is 460 g/mol. The van der Waals surface area contributed by atoms with E-state index in [1.165, 1.54) is 0 Å². The summed E-state index contributed by atoms with van der Waals surface area (Å²) >= 11 is 0. The fourth-order valence-electron chi connectivity index (χ4n) is 6.47. The summed E-state index contributed by atoms with van der Waals surface area (Å²) in [5, 5.41) is 21.1. The zero-order valence-electron chi connectivity index (χ0n) is 20.2. The monoisotopic (exact) mass is 492 g/mol. The fourth-order valence-corrected chi connectivity index (χ4v) is 6.47.